The second kappa shape index (κ2) is 10.9. The third-order valence-electron chi connectivity index (χ3n) is 6.55. The number of carbonyl (C=O) groups excluding carboxylic acids is 3. The number of hydrogen-bond acceptors (Lipinski definition) is 13. The standard InChI is InChI=1S/C25H25N11O4S/c1-3-40-23(39)19-13(2)27-25(41-19)30-24-28-21(35-8-7-26-17(37)12-35)16-10-18(38)36(22(16)29-24)11-14-5-4-6-15(9-14)20-31-33-34-32-20/h4-6,9H,3,7-8,10-12H2,1-2H3,(H,26,37)(H,27,28,29,30)(H,31,32,33,34). The fourth-order valence-electron chi connectivity index (χ4n) is 4.72. The summed E-state index contributed by atoms with van der Waals surface area (Å²) in [4.78, 5) is 55.6. The second-order valence-electron chi connectivity index (χ2n) is 9.33. The van der Waals surface area contributed by atoms with E-state index in [2.05, 4.69) is 36.2 Å². The molecule has 41 heavy (non-hydrogen) atoms. The lowest BCUT2D eigenvalue weighted by Crippen LogP contribution is -2.48. The summed E-state index contributed by atoms with van der Waals surface area (Å²) in [6.07, 6.45) is 0.0954. The number of amides is 2. The first-order valence-corrected chi connectivity index (χ1v) is 13.7. The van der Waals surface area contributed by atoms with Crippen LogP contribution in [-0.4, -0.2) is 79.6 Å². The van der Waals surface area contributed by atoms with Gasteiger partial charge in [-0.2, -0.15) is 9.97 Å². The number of thiazole rings is 1. The summed E-state index contributed by atoms with van der Waals surface area (Å²) in [5, 5.41) is 20.3. The molecule has 15 nitrogen and oxygen atoms in total. The van der Waals surface area contributed by atoms with Crippen LogP contribution in [0, 0.1) is 6.92 Å². The van der Waals surface area contributed by atoms with Gasteiger partial charge in [-0.1, -0.05) is 29.5 Å². The fraction of sp³-hybridized carbons (Fsp3) is 0.320. The molecule has 5 heterocycles. The topological polar surface area (TPSA) is 184 Å². The molecular weight excluding hydrogens is 550 g/mol. The lowest BCUT2D eigenvalue weighted by atomic mass is 10.1. The molecule has 6 rings (SSSR count). The molecule has 0 unspecified atom stereocenters. The van der Waals surface area contributed by atoms with Crippen molar-refractivity contribution in [1.82, 2.24) is 40.9 Å². The van der Waals surface area contributed by atoms with Crippen molar-refractivity contribution in [3.63, 3.8) is 0 Å². The van der Waals surface area contributed by atoms with Crippen molar-refractivity contribution in [1.29, 1.82) is 0 Å². The Morgan fingerprint density at radius 2 is 2.05 bits per heavy atom. The summed E-state index contributed by atoms with van der Waals surface area (Å²) >= 11 is 1.13. The first-order chi connectivity index (χ1) is 19.9. The van der Waals surface area contributed by atoms with E-state index in [1.807, 2.05) is 29.2 Å². The van der Waals surface area contributed by atoms with E-state index in [4.69, 9.17) is 14.7 Å². The zero-order valence-corrected chi connectivity index (χ0v) is 23.0. The van der Waals surface area contributed by atoms with E-state index in [0.29, 0.717) is 51.8 Å². The maximum absolute atomic E-state index is 13.3. The Morgan fingerprint density at radius 3 is 2.83 bits per heavy atom. The largest absolute Gasteiger partial charge is 0.462 e. The summed E-state index contributed by atoms with van der Waals surface area (Å²) in [5.74, 6) is 0.923. The van der Waals surface area contributed by atoms with Crippen LogP contribution in [0.15, 0.2) is 24.3 Å². The average molecular weight is 576 g/mol. The molecule has 0 saturated carbocycles. The minimum atomic E-state index is -0.453. The smallest absolute Gasteiger partial charge is 0.350 e. The fourth-order valence-corrected chi connectivity index (χ4v) is 5.57. The quantitative estimate of drug-likeness (QED) is 0.257. The monoisotopic (exact) mass is 575 g/mol. The zero-order chi connectivity index (χ0) is 28.5. The molecule has 210 valence electrons. The number of benzene rings is 1. The van der Waals surface area contributed by atoms with Crippen molar-refractivity contribution < 1.29 is 19.1 Å². The van der Waals surface area contributed by atoms with Gasteiger partial charge in [0.2, 0.25) is 17.8 Å². The van der Waals surface area contributed by atoms with Crippen LogP contribution >= 0.6 is 11.3 Å². The number of anilines is 4. The Balaban J connectivity index is 1.36. The first kappa shape index (κ1) is 26.2. The molecule has 0 radical (unpaired) electrons. The summed E-state index contributed by atoms with van der Waals surface area (Å²) < 4.78 is 5.13. The number of ether oxygens (including phenoxy) is 1. The Hall–Kier alpha value is -4.99. The molecule has 1 saturated heterocycles. The van der Waals surface area contributed by atoms with Gasteiger partial charge in [0, 0.05) is 24.2 Å². The van der Waals surface area contributed by atoms with Crippen molar-refractivity contribution in [2.75, 3.05) is 41.4 Å². The van der Waals surface area contributed by atoms with Gasteiger partial charge in [-0.05, 0) is 35.9 Å². The predicted molar refractivity (Wildman–Crippen MR) is 148 cm³/mol. The second-order valence-corrected chi connectivity index (χ2v) is 10.3. The Bertz CT molecular complexity index is 1640. The van der Waals surface area contributed by atoms with Crippen LogP contribution in [0.25, 0.3) is 11.4 Å². The minimum absolute atomic E-state index is 0.0954. The molecular formula is C25H25N11O4S. The maximum Gasteiger partial charge on any atom is 0.350 e. The van der Waals surface area contributed by atoms with Crippen LogP contribution in [-0.2, 0) is 27.3 Å². The summed E-state index contributed by atoms with van der Waals surface area (Å²) in [6, 6.07) is 7.55. The van der Waals surface area contributed by atoms with Crippen LogP contribution in [0.1, 0.15) is 33.4 Å². The third kappa shape index (κ3) is 5.28. The summed E-state index contributed by atoms with van der Waals surface area (Å²) in [7, 11) is 0. The number of esters is 1. The van der Waals surface area contributed by atoms with E-state index in [1.54, 1.807) is 18.7 Å². The lowest BCUT2D eigenvalue weighted by Gasteiger charge is -2.29. The van der Waals surface area contributed by atoms with E-state index < -0.39 is 5.97 Å². The number of H-pyrrole nitrogens is 1. The molecule has 0 spiro atoms. The number of piperazine rings is 1. The van der Waals surface area contributed by atoms with Gasteiger partial charge >= 0.3 is 5.97 Å². The Labute approximate surface area is 237 Å². The zero-order valence-electron chi connectivity index (χ0n) is 22.2. The maximum atomic E-state index is 13.3. The SMILES string of the molecule is CCOC(=O)c1sc(Nc2nc(N3CCNC(=O)C3)c3c(n2)N(Cc2cccc(-c4nnn[nH]4)c2)C(=O)C3)nc1C. The number of rotatable bonds is 8. The van der Waals surface area contributed by atoms with E-state index in [-0.39, 0.29) is 43.9 Å². The Morgan fingerprint density at radius 1 is 1.20 bits per heavy atom. The van der Waals surface area contributed by atoms with Crippen molar-refractivity contribution in [3.05, 3.63) is 46.0 Å². The van der Waals surface area contributed by atoms with Crippen LogP contribution in [0.4, 0.5) is 22.7 Å². The van der Waals surface area contributed by atoms with Crippen LogP contribution < -0.4 is 20.4 Å². The molecule has 2 aliphatic rings. The molecule has 1 fully saturated rings. The van der Waals surface area contributed by atoms with E-state index in [1.165, 1.54) is 0 Å². The van der Waals surface area contributed by atoms with Crippen molar-refractivity contribution in [2.45, 2.75) is 26.8 Å². The number of aromatic nitrogens is 7. The minimum Gasteiger partial charge on any atom is -0.462 e. The number of aromatic amines is 1. The van der Waals surface area contributed by atoms with Crippen LogP contribution in [0.5, 0.6) is 0 Å². The number of nitrogens with one attached hydrogen (secondary N) is 3. The van der Waals surface area contributed by atoms with Gasteiger partial charge in [0.25, 0.3) is 0 Å². The highest BCUT2D eigenvalue weighted by atomic mass is 32.1. The number of hydrogen-bond donors (Lipinski definition) is 3. The van der Waals surface area contributed by atoms with Crippen molar-refractivity contribution >= 4 is 51.8 Å². The van der Waals surface area contributed by atoms with E-state index in [9.17, 15) is 14.4 Å². The number of fused-ring (bicyclic) bond motifs is 1. The van der Waals surface area contributed by atoms with Crippen molar-refractivity contribution in [2.24, 2.45) is 0 Å². The first-order valence-electron chi connectivity index (χ1n) is 12.9. The molecule has 0 bridgehead atoms. The molecule has 4 aromatic rings. The number of aryl methyl sites for hydroxylation is 1. The molecule has 3 aromatic heterocycles. The highest BCUT2D eigenvalue weighted by Crippen LogP contribution is 2.37. The van der Waals surface area contributed by atoms with Gasteiger partial charge in [0.05, 0.1) is 31.8 Å². The Kier molecular flexibility index (Phi) is 6.96. The van der Waals surface area contributed by atoms with Gasteiger partial charge in [-0.3, -0.25) is 19.8 Å². The molecule has 2 amide bonds. The van der Waals surface area contributed by atoms with Gasteiger partial charge in [-0.25, -0.2) is 14.9 Å². The van der Waals surface area contributed by atoms with Gasteiger partial charge in [0.15, 0.2) is 11.0 Å². The lowest BCUT2D eigenvalue weighted by molar-refractivity contribution is -0.120. The molecule has 0 atom stereocenters. The number of nitrogens with zero attached hydrogens (tertiary/aromatic N) is 8. The number of carbonyl (C=O) groups is 3. The summed E-state index contributed by atoms with van der Waals surface area (Å²) in [6.45, 7) is 5.05. The third-order valence-corrected chi connectivity index (χ3v) is 7.60. The molecule has 3 N–H and O–H groups in total. The van der Waals surface area contributed by atoms with Crippen LogP contribution in [0.3, 0.4) is 0 Å². The van der Waals surface area contributed by atoms with Gasteiger partial charge in [-0.15, -0.1) is 5.10 Å². The van der Waals surface area contributed by atoms with Gasteiger partial charge in [0.1, 0.15) is 16.5 Å². The van der Waals surface area contributed by atoms with Gasteiger partial charge < -0.3 is 15.0 Å². The highest BCUT2D eigenvalue weighted by Gasteiger charge is 2.35. The molecule has 1 aromatic carbocycles. The summed E-state index contributed by atoms with van der Waals surface area (Å²) in [5.41, 5.74) is 2.79. The highest BCUT2D eigenvalue weighted by molar-refractivity contribution is 7.17. The normalized spacial score (nSPS) is 14.7. The molecule has 0 aliphatic carbocycles. The van der Waals surface area contributed by atoms with Crippen LogP contribution in [0.2, 0.25) is 0 Å². The number of tetrazole rings is 1. The average Bonchev–Trinajstić information content (AvgIpc) is 3.69. The predicted octanol–water partition coefficient (Wildman–Crippen LogP) is 1.37. The molecule has 16 heteroatoms. The van der Waals surface area contributed by atoms with E-state index in [0.717, 1.165) is 22.5 Å². The van der Waals surface area contributed by atoms with Crippen molar-refractivity contribution in [3.8, 4) is 11.4 Å². The van der Waals surface area contributed by atoms with E-state index >= 15 is 0 Å². The molecule has 2 aliphatic heterocycles.